The predicted molar refractivity (Wildman–Crippen MR) is 54.7 cm³/mol. The zero-order valence-electron chi connectivity index (χ0n) is 7.73. The van der Waals surface area contributed by atoms with Gasteiger partial charge in [0.1, 0.15) is 0 Å². The van der Waals surface area contributed by atoms with E-state index in [-0.39, 0.29) is 5.91 Å². The van der Waals surface area contributed by atoms with Crippen molar-refractivity contribution in [3.8, 4) is 0 Å². The molecule has 0 radical (unpaired) electrons. The van der Waals surface area contributed by atoms with Crippen LogP contribution in [0.1, 0.15) is 29.6 Å². The number of likely N-dealkylation sites (tertiary alicyclic amines) is 1. The summed E-state index contributed by atoms with van der Waals surface area (Å²) in [6.07, 6.45) is 2.14. The second-order valence-corrected chi connectivity index (χ2v) is 4.91. The summed E-state index contributed by atoms with van der Waals surface area (Å²) in [7, 11) is 0. The molecule has 0 spiro atoms. The molecule has 1 fully saturated rings. The third kappa shape index (κ3) is 1.74. The normalized spacial score (nSPS) is 21.6. The lowest BCUT2D eigenvalue weighted by Crippen LogP contribution is -2.33. The summed E-state index contributed by atoms with van der Waals surface area (Å²) < 4.78 is 0.320. The van der Waals surface area contributed by atoms with Gasteiger partial charge in [-0.2, -0.15) is 0 Å². The lowest BCUT2D eigenvalue weighted by atomic mass is 10.2. The molecule has 1 aromatic heterocycles. The molecule has 6 heteroatoms. The SMILES string of the molecule is CC1CCCN1C(=O)c1nnc(Cl)s1. The highest BCUT2D eigenvalue weighted by Crippen LogP contribution is 2.22. The number of nitrogens with zero attached hydrogens (tertiary/aromatic N) is 3. The Balaban J connectivity index is 2.15. The molecule has 1 aromatic rings. The van der Waals surface area contributed by atoms with Gasteiger partial charge in [-0.1, -0.05) is 11.3 Å². The van der Waals surface area contributed by atoms with Crippen LogP contribution in [0.15, 0.2) is 0 Å². The van der Waals surface area contributed by atoms with E-state index in [0.717, 1.165) is 30.7 Å². The first-order chi connectivity index (χ1) is 6.68. The smallest absolute Gasteiger partial charge is 0.285 e. The maximum atomic E-state index is 11.8. The minimum Gasteiger partial charge on any atom is -0.334 e. The summed E-state index contributed by atoms with van der Waals surface area (Å²) in [5, 5.41) is 7.75. The Kier molecular flexibility index (Phi) is 2.69. The molecule has 1 aliphatic heterocycles. The van der Waals surface area contributed by atoms with E-state index >= 15 is 0 Å². The van der Waals surface area contributed by atoms with Gasteiger partial charge in [0.25, 0.3) is 5.91 Å². The molecule has 2 rings (SSSR count). The average Bonchev–Trinajstić information content (AvgIpc) is 2.73. The molecule has 1 unspecified atom stereocenters. The summed E-state index contributed by atoms with van der Waals surface area (Å²) in [5.74, 6) is -0.0422. The molecular formula is C8H10ClN3OS. The highest BCUT2D eigenvalue weighted by molar-refractivity contribution is 7.17. The Morgan fingerprint density at radius 3 is 2.93 bits per heavy atom. The maximum absolute atomic E-state index is 11.8. The molecule has 76 valence electrons. The van der Waals surface area contributed by atoms with Gasteiger partial charge < -0.3 is 4.90 Å². The van der Waals surface area contributed by atoms with Gasteiger partial charge in [0.2, 0.25) is 9.47 Å². The Morgan fingerprint density at radius 1 is 1.64 bits per heavy atom. The van der Waals surface area contributed by atoms with Crippen molar-refractivity contribution in [3.63, 3.8) is 0 Å². The Bertz CT molecular complexity index is 354. The maximum Gasteiger partial charge on any atom is 0.285 e. The molecule has 0 aromatic carbocycles. The Hall–Kier alpha value is -0.680. The third-order valence-corrected chi connectivity index (χ3v) is 3.40. The number of halogens is 1. The van der Waals surface area contributed by atoms with E-state index in [1.165, 1.54) is 0 Å². The number of amides is 1. The van der Waals surface area contributed by atoms with Crippen LogP contribution in [0, 0.1) is 0 Å². The number of carbonyl (C=O) groups is 1. The zero-order chi connectivity index (χ0) is 10.1. The molecule has 1 amide bonds. The van der Waals surface area contributed by atoms with Gasteiger partial charge in [0.05, 0.1) is 0 Å². The van der Waals surface area contributed by atoms with Crippen molar-refractivity contribution in [1.29, 1.82) is 0 Å². The first-order valence-corrected chi connectivity index (χ1v) is 5.68. The van der Waals surface area contributed by atoms with Crippen molar-refractivity contribution in [2.75, 3.05) is 6.54 Å². The van der Waals surface area contributed by atoms with Crippen LogP contribution in [0.4, 0.5) is 0 Å². The van der Waals surface area contributed by atoms with Gasteiger partial charge in [0, 0.05) is 12.6 Å². The summed E-state index contributed by atoms with van der Waals surface area (Å²) in [6.45, 7) is 2.87. The monoisotopic (exact) mass is 231 g/mol. The molecule has 0 N–H and O–H groups in total. The van der Waals surface area contributed by atoms with Gasteiger partial charge in [0.15, 0.2) is 0 Å². The fourth-order valence-corrected chi connectivity index (χ4v) is 2.43. The van der Waals surface area contributed by atoms with E-state index in [9.17, 15) is 4.79 Å². The summed E-state index contributed by atoms with van der Waals surface area (Å²) in [4.78, 5) is 13.7. The lowest BCUT2D eigenvalue weighted by molar-refractivity contribution is 0.0746. The van der Waals surface area contributed by atoms with E-state index < -0.39 is 0 Å². The molecule has 1 atom stereocenters. The minimum absolute atomic E-state index is 0.0422. The van der Waals surface area contributed by atoms with Crippen molar-refractivity contribution in [2.45, 2.75) is 25.8 Å². The summed E-state index contributed by atoms with van der Waals surface area (Å²) in [5.41, 5.74) is 0. The second-order valence-electron chi connectivity index (χ2n) is 3.35. The first kappa shape index (κ1) is 9.86. The predicted octanol–water partition coefficient (Wildman–Crippen LogP) is 1.82. The first-order valence-electron chi connectivity index (χ1n) is 4.48. The molecule has 1 saturated heterocycles. The van der Waals surface area contributed by atoms with Crippen LogP contribution in [0.2, 0.25) is 4.47 Å². The minimum atomic E-state index is -0.0422. The average molecular weight is 232 g/mol. The molecule has 4 nitrogen and oxygen atoms in total. The van der Waals surface area contributed by atoms with E-state index in [1.807, 2.05) is 11.8 Å². The van der Waals surface area contributed by atoms with E-state index in [0.29, 0.717) is 15.5 Å². The van der Waals surface area contributed by atoms with Crippen molar-refractivity contribution in [2.24, 2.45) is 0 Å². The Labute approximate surface area is 90.9 Å². The third-order valence-electron chi connectivity index (χ3n) is 2.40. The van der Waals surface area contributed by atoms with Gasteiger partial charge >= 0.3 is 0 Å². The molecule has 14 heavy (non-hydrogen) atoms. The number of hydrogen-bond donors (Lipinski definition) is 0. The summed E-state index contributed by atoms with van der Waals surface area (Å²) >= 11 is 6.76. The van der Waals surface area contributed by atoms with Crippen LogP contribution >= 0.6 is 22.9 Å². The molecular weight excluding hydrogens is 222 g/mol. The Morgan fingerprint density at radius 2 is 2.43 bits per heavy atom. The highest BCUT2D eigenvalue weighted by Gasteiger charge is 2.28. The number of hydrogen-bond acceptors (Lipinski definition) is 4. The second kappa shape index (κ2) is 3.82. The number of rotatable bonds is 1. The van der Waals surface area contributed by atoms with Crippen molar-refractivity contribution in [1.82, 2.24) is 15.1 Å². The fraction of sp³-hybridized carbons (Fsp3) is 0.625. The van der Waals surface area contributed by atoms with Crippen LogP contribution in [-0.4, -0.2) is 33.6 Å². The van der Waals surface area contributed by atoms with Crippen LogP contribution < -0.4 is 0 Å². The van der Waals surface area contributed by atoms with Gasteiger partial charge in [-0.25, -0.2) is 0 Å². The van der Waals surface area contributed by atoms with Crippen molar-refractivity contribution in [3.05, 3.63) is 9.47 Å². The topological polar surface area (TPSA) is 46.1 Å². The van der Waals surface area contributed by atoms with Crippen molar-refractivity contribution >= 4 is 28.8 Å². The van der Waals surface area contributed by atoms with Crippen LogP contribution in [0.3, 0.4) is 0 Å². The fourth-order valence-electron chi connectivity index (χ4n) is 1.65. The van der Waals surface area contributed by atoms with Crippen LogP contribution in [0.25, 0.3) is 0 Å². The zero-order valence-corrected chi connectivity index (χ0v) is 9.31. The molecule has 1 aliphatic rings. The van der Waals surface area contributed by atoms with Gasteiger partial charge in [-0.3, -0.25) is 4.79 Å². The quantitative estimate of drug-likeness (QED) is 0.741. The van der Waals surface area contributed by atoms with Crippen molar-refractivity contribution < 1.29 is 4.79 Å². The van der Waals surface area contributed by atoms with E-state index in [4.69, 9.17) is 11.6 Å². The van der Waals surface area contributed by atoms with Gasteiger partial charge in [-0.05, 0) is 31.4 Å². The molecule has 2 heterocycles. The molecule has 0 bridgehead atoms. The summed E-state index contributed by atoms with van der Waals surface area (Å²) in [6, 6.07) is 0.310. The largest absolute Gasteiger partial charge is 0.334 e. The lowest BCUT2D eigenvalue weighted by Gasteiger charge is -2.19. The van der Waals surface area contributed by atoms with Crippen LogP contribution in [0.5, 0.6) is 0 Å². The van der Waals surface area contributed by atoms with E-state index in [1.54, 1.807) is 0 Å². The highest BCUT2D eigenvalue weighted by atomic mass is 35.5. The standard InChI is InChI=1S/C8H10ClN3OS/c1-5-3-2-4-12(5)7(13)6-10-11-8(9)14-6/h5H,2-4H2,1H3. The van der Waals surface area contributed by atoms with Crippen LogP contribution in [-0.2, 0) is 0 Å². The van der Waals surface area contributed by atoms with E-state index in [2.05, 4.69) is 10.2 Å². The number of carbonyl (C=O) groups excluding carboxylic acids is 1. The molecule has 0 aliphatic carbocycles. The molecule has 0 saturated carbocycles. The number of aromatic nitrogens is 2. The van der Waals surface area contributed by atoms with Gasteiger partial charge in [-0.15, -0.1) is 10.2 Å².